The standard InChI is InChI=1S/C18H22N4O/c1-13-7-3-4-8-15(13)12-19-18-20-14(2)11-16(21-18)17(23)22-9-5-6-10-22/h3-4,7-8,11H,5-6,9-10,12H2,1-2H3,(H,19,20,21). The second-order valence-electron chi connectivity index (χ2n) is 6.00. The first-order valence-corrected chi connectivity index (χ1v) is 8.07. The fraction of sp³-hybridized carbons (Fsp3) is 0.389. The van der Waals surface area contributed by atoms with Gasteiger partial charge in [-0.2, -0.15) is 0 Å². The summed E-state index contributed by atoms with van der Waals surface area (Å²) >= 11 is 0. The lowest BCUT2D eigenvalue weighted by Crippen LogP contribution is -2.28. The Hall–Kier alpha value is -2.43. The second-order valence-corrected chi connectivity index (χ2v) is 6.00. The number of carbonyl (C=O) groups is 1. The highest BCUT2D eigenvalue weighted by Gasteiger charge is 2.21. The number of benzene rings is 1. The maximum atomic E-state index is 12.5. The first-order valence-electron chi connectivity index (χ1n) is 8.07. The van der Waals surface area contributed by atoms with E-state index in [4.69, 9.17) is 0 Å². The summed E-state index contributed by atoms with van der Waals surface area (Å²) in [6, 6.07) is 9.96. The van der Waals surface area contributed by atoms with Crippen LogP contribution in [0.1, 0.15) is 40.2 Å². The average molecular weight is 310 g/mol. The molecule has 0 radical (unpaired) electrons. The van der Waals surface area contributed by atoms with Crippen LogP contribution in [-0.2, 0) is 6.54 Å². The molecule has 0 atom stereocenters. The zero-order valence-corrected chi connectivity index (χ0v) is 13.7. The predicted molar refractivity (Wildman–Crippen MR) is 90.4 cm³/mol. The fourth-order valence-corrected chi connectivity index (χ4v) is 2.82. The van der Waals surface area contributed by atoms with Gasteiger partial charge in [0.2, 0.25) is 5.95 Å². The smallest absolute Gasteiger partial charge is 0.272 e. The first-order chi connectivity index (χ1) is 11.1. The molecule has 1 fully saturated rings. The van der Waals surface area contributed by atoms with E-state index in [0.717, 1.165) is 31.6 Å². The van der Waals surface area contributed by atoms with Gasteiger partial charge in [-0.05, 0) is 43.9 Å². The van der Waals surface area contributed by atoms with Crippen molar-refractivity contribution in [2.45, 2.75) is 33.2 Å². The van der Waals surface area contributed by atoms with Crippen LogP contribution in [0.4, 0.5) is 5.95 Å². The molecule has 0 spiro atoms. The number of aryl methyl sites for hydroxylation is 2. The minimum atomic E-state index is 0.00643. The third-order valence-corrected chi connectivity index (χ3v) is 4.16. The molecule has 3 rings (SSSR count). The molecule has 2 aromatic rings. The quantitative estimate of drug-likeness (QED) is 0.943. The zero-order chi connectivity index (χ0) is 16.2. The van der Waals surface area contributed by atoms with Gasteiger partial charge in [0.05, 0.1) is 0 Å². The van der Waals surface area contributed by atoms with E-state index in [1.165, 1.54) is 11.1 Å². The van der Waals surface area contributed by atoms with Gasteiger partial charge in [0.25, 0.3) is 5.91 Å². The molecule has 1 aromatic heterocycles. The SMILES string of the molecule is Cc1cc(C(=O)N2CCCC2)nc(NCc2ccccc2C)n1. The van der Waals surface area contributed by atoms with Gasteiger partial charge >= 0.3 is 0 Å². The third-order valence-electron chi connectivity index (χ3n) is 4.16. The number of rotatable bonds is 4. The molecule has 0 bridgehead atoms. The number of anilines is 1. The summed E-state index contributed by atoms with van der Waals surface area (Å²) < 4.78 is 0. The van der Waals surface area contributed by atoms with Gasteiger partial charge in [-0.25, -0.2) is 9.97 Å². The molecular weight excluding hydrogens is 288 g/mol. The fourth-order valence-electron chi connectivity index (χ4n) is 2.82. The molecule has 120 valence electrons. The van der Waals surface area contributed by atoms with Crippen molar-refractivity contribution in [2.75, 3.05) is 18.4 Å². The number of nitrogens with zero attached hydrogens (tertiary/aromatic N) is 3. The van der Waals surface area contributed by atoms with Gasteiger partial charge in [0.1, 0.15) is 5.69 Å². The topological polar surface area (TPSA) is 58.1 Å². The lowest BCUT2D eigenvalue weighted by atomic mass is 10.1. The van der Waals surface area contributed by atoms with Crippen LogP contribution in [0, 0.1) is 13.8 Å². The average Bonchev–Trinajstić information content (AvgIpc) is 3.07. The molecule has 0 aliphatic carbocycles. The Bertz CT molecular complexity index is 708. The van der Waals surface area contributed by atoms with Gasteiger partial charge in [-0.1, -0.05) is 24.3 Å². The van der Waals surface area contributed by atoms with E-state index in [9.17, 15) is 4.79 Å². The highest BCUT2D eigenvalue weighted by atomic mass is 16.2. The number of nitrogens with one attached hydrogen (secondary N) is 1. The number of aromatic nitrogens is 2. The van der Waals surface area contributed by atoms with E-state index < -0.39 is 0 Å². The zero-order valence-electron chi connectivity index (χ0n) is 13.7. The van der Waals surface area contributed by atoms with Gasteiger partial charge < -0.3 is 10.2 Å². The lowest BCUT2D eigenvalue weighted by Gasteiger charge is -2.15. The molecular formula is C18H22N4O. The summed E-state index contributed by atoms with van der Waals surface area (Å²) in [6.07, 6.45) is 2.16. The Labute approximate surface area is 136 Å². The molecule has 23 heavy (non-hydrogen) atoms. The Morgan fingerprint density at radius 3 is 2.65 bits per heavy atom. The van der Waals surface area contributed by atoms with Crippen molar-refractivity contribution >= 4 is 11.9 Å². The van der Waals surface area contributed by atoms with Gasteiger partial charge in [0.15, 0.2) is 0 Å². The van der Waals surface area contributed by atoms with Crippen molar-refractivity contribution in [2.24, 2.45) is 0 Å². The van der Waals surface area contributed by atoms with E-state index >= 15 is 0 Å². The first kappa shape index (κ1) is 15.5. The predicted octanol–water partition coefficient (Wildman–Crippen LogP) is 2.94. The summed E-state index contributed by atoms with van der Waals surface area (Å²) in [7, 11) is 0. The number of hydrogen-bond acceptors (Lipinski definition) is 4. The third kappa shape index (κ3) is 3.67. The normalized spacial score (nSPS) is 14.1. The van der Waals surface area contributed by atoms with Crippen LogP contribution in [0.25, 0.3) is 0 Å². The maximum Gasteiger partial charge on any atom is 0.272 e. The van der Waals surface area contributed by atoms with E-state index in [0.29, 0.717) is 18.2 Å². The van der Waals surface area contributed by atoms with Gasteiger partial charge in [-0.15, -0.1) is 0 Å². The van der Waals surface area contributed by atoms with Crippen molar-refractivity contribution in [1.82, 2.24) is 14.9 Å². The molecule has 2 heterocycles. The highest BCUT2D eigenvalue weighted by molar-refractivity contribution is 5.92. The van der Waals surface area contributed by atoms with Crippen LogP contribution in [0.5, 0.6) is 0 Å². The van der Waals surface area contributed by atoms with E-state index in [2.05, 4.69) is 34.3 Å². The number of carbonyl (C=O) groups excluding carboxylic acids is 1. The monoisotopic (exact) mass is 310 g/mol. The molecule has 1 saturated heterocycles. The Balaban J connectivity index is 1.75. The Kier molecular flexibility index (Phi) is 4.55. The minimum Gasteiger partial charge on any atom is -0.350 e. The lowest BCUT2D eigenvalue weighted by molar-refractivity contribution is 0.0787. The molecule has 5 nitrogen and oxygen atoms in total. The number of amides is 1. The summed E-state index contributed by atoms with van der Waals surface area (Å²) in [4.78, 5) is 23.2. The van der Waals surface area contributed by atoms with E-state index in [1.807, 2.05) is 24.0 Å². The molecule has 1 N–H and O–H groups in total. The van der Waals surface area contributed by atoms with Crippen molar-refractivity contribution in [3.8, 4) is 0 Å². The van der Waals surface area contributed by atoms with Crippen molar-refractivity contribution in [1.29, 1.82) is 0 Å². The summed E-state index contributed by atoms with van der Waals surface area (Å²) in [6.45, 7) is 6.27. The maximum absolute atomic E-state index is 12.5. The summed E-state index contributed by atoms with van der Waals surface area (Å²) in [5, 5.41) is 3.24. The van der Waals surface area contributed by atoms with Gasteiger partial charge in [0, 0.05) is 25.3 Å². The molecule has 1 aliphatic rings. The number of hydrogen-bond donors (Lipinski definition) is 1. The van der Waals surface area contributed by atoms with Crippen LogP contribution in [-0.4, -0.2) is 33.9 Å². The van der Waals surface area contributed by atoms with Gasteiger partial charge in [-0.3, -0.25) is 4.79 Å². The molecule has 0 unspecified atom stereocenters. The molecule has 1 aliphatic heterocycles. The van der Waals surface area contributed by atoms with Crippen LogP contribution in [0.3, 0.4) is 0 Å². The van der Waals surface area contributed by atoms with E-state index in [1.54, 1.807) is 6.07 Å². The van der Waals surface area contributed by atoms with Crippen LogP contribution in [0.15, 0.2) is 30.3 Å². The highest BCUT2D eigenvalue weighted by Crippen LogP contribution is 2.14. The molecule has 0 saturated carbocycles. The Morgan fingerprint density at radius 2 is 1.91 bits per heavy atom. The largest absolute Gasteiger partial charge is 0.350 e. The van der Waals surface area contributed by atoms with Crippen molar-refractivity contribution in [3.05, 3.63) is 52.8 Å². The summed E-state index contributed by atoms with van der Waals surface area (Å²) in [5.74, 6) is 0.516. The number of likely N-dealkylation sites (tertiary alicyclic amines) is 1. The summed E-state index contributed by atoms with van der Waals surface area (Å²) in [5.41, 5.74) is 3.70. The molecule has 1 amide bonds. The van der Waals surface area contributed by atoms with Crippen molar-refractivity contribution in [3.63, 3.8) is 0 Å². The second kappa shape index (κ2) is 6.77. The van der Waals surface area contributed by atoms with Crippen LogP contribution in [0.2, 0.25) is 0 Å². The van der Waals surface area contributed by atoms with Crippen LogP contribution < -0.4 is 5.32 Å². The molecule has 5 heteroatoms. The van der Waals surface area contributed by atoms with Crippen molar-refractivity contribution < 1.29 is 4.79 Å². The Morgan fingerprint density at radius 1 is 1.17 bits per heavy atom. The van der Waals surface area contributed by atoms with E-state index in [-0.39, 0.29) is 5.91 Å². The molecule has 1 aromatic carbocycles. The van der Waals surface area contributed by atoms with Crippen LogP contribution >= 0.6 is 0 Å². The minimum absolute atomic E-state index is 0.00643.